The summed E-state index contributed by atoms with van der Waals surface area (Å²) in [5.74, 6) is -1.76. The van der Waals surface area contributed by atoms with Gasteiger partial charge < -0.3 is 4.57 Å². The van der Waals surface area contributed by atoms with E-state index in [2.05, 4.69) is 15.9 Å². The van der Waals surface area contributed by atoms with E-state index in [0.29, 0.717) is 12.6 Å². The molecule has 0 aliphatic heterocycles. The zero-order chi connectivity index (χ0) is 17.5. The average Bonchev–Trinajstić information content (AvgIpc) is 2.87. The first kappa shape index (κ1) is 17.1. The normalized spacial score (nSPS) is 12.0. The Kier molecular flexibility index (Phi) is 4.48. The summed E-state index contributed by atoms with van der Waals surface area (Å²) in [6.45, 7) is 1.80. The molecule has 0 amide bonds. The van der Waals surface area contributed by atoms with Crippen LogP contribution in [0.15, 0.2) is 52.0 Å². The molecular formula is C17H14BrF2NO2S. The molecule has 0 N–H and O–H groups in total. The van der Waals surface area contributed by atoms with Crippen LogP contribution in [0.3, 0.4) is 0 Å². The van der Waals surface area contributed by atoms with Gasteiger partial charge in [0.2, 0.25) is 0 Å². The summed E-state index contributed by atoms with van der Waals surface area (Å²) >= 11 is 3.37. The maximum atomic E-state index is 14.3. The summed E-state index contributed by atoms with van der Waals surface area (Å²) in [6.07, 6.45) is 1.38. The van der Waals surface area contributed by atoms with Gasteiger partial charge in [-0.15, -0.1) is 0 Å². The Bertz CT molecular complexity index is 1030. The van der Waals surface area contributed by atoms with E-state index in [1.54, 1.807) is 4.57 Å². The predicted molar refractivity (Wildman–Crippen MR) is 92.8 cm³/mol. The molecule has 0 atom stereocenters. The van der Waals surface area contributed by atoms with Crippen LogP contribution in [0, 0.1) is 11.6 Å². The van der Waals surface area contributed by atoms with Gasteiger partial charge in [-0.3, -0.25) is 0 Å². The number of fused-ring (bicyclic) bond motifs is 1. The molecule has 3 nitrogen and oxygen atoms in total. The van der Waals surface area contributed by atoms with Crippen molar-refractivity contribution in [2.45, 2.75) is 18.4 Å². The Morgan fingerprint density at radius 2 is 1.92 bits per heavy atom. The maximum Gasteiger partial charge on any atom is 0.180 e. The molecule has 2 aromatic carbocycles. The van der Waals surface area contributed by atoms with Gasteiger partial charge in [-0.2, -0.15) is 0 Å². The second-order valence-electron chi connectivity index (χ2n) is 5.44. The fourth-order valence-electron chi connectivity index (χ4n) is 2.66. The van der Waals surface area contributed by atoms with Gasteiger partial charge in [0, 0.05) is 23.3 Å². The quantitative estimate of drug-likeness (QED) is 0.630. The fraction of sp³-hybridized carbons (Fsp3) is 0.176. The molecule has 7 heteroatoms. The molecule has 0 radical (unpaired) electrons. The number of sulfone groups is 1. The van der Waals surface area contributed by atoms with Gasteiger partial charge >= 0.3 is 0 Å². The monoisotopic (exact) mass is 413 g/mol. The Labute approximate surface area is 147 Å². The number of nitrogens with zero attached hydrogens (tertiary/aromatic N) is 1. The largest absolute Gasteiger partial charge is 0.342 e. The van der Waals surface area contributed by atoms with Gasteiger partial charge in [-0.1, -0.05) is 35.0 Å². The number of halogens is 3. The van der Waals surface area contributed by atoms with E-state index in [1.165, 1.54) is 13.1 Å². The lowest BCUT2D eigenvalue weighted by atomic mass is 10.2. The van der Waals surface area contributed by atoms with Crippen LogP contribution in [0.4, 0.5) is 8.78 Å². The molecule has 3 rings (SSSR count). The molecule has 1 aromatic heterocycles. The van der Waals surface area contributed by atoms with E-state index in [1.807, 2.05) is 24.3 Å². The van der Waals surface area contributed by atoms with Crippen molar-refractivity contribution in [3.05, 3.63) is 64.3 Å². The van der Waals surface area contributed by atoms with Gasteiger partial charge in [-0.05, 0) is 23.8 Å². The van der Waals surface area contributed by atoms with Crippen LogP contribution in [0.25, 0.3) is 10.9 Å². The minimum absolute atomic E-state index is 0.0618. The number of benzene rings is 2. The molecule has 0 saturated carbocycles. The van der Waals surface area contributed by atoms with Crippen LogP contribution < -0.4 is 0 Å². The molecule has 3 aromatic rings. The summed E-state index contributed by atoms with van der Waals surface area (Å²) < 4.78 is 54.9. The van der Waals surface area contributed by atoms with Crippen molar-refractivity contribution in [2.75, 3.05) is 5.75 Å². The first-order valence-electron chi connectivity index (χ1n) is 7.27. The molecule has 126 valence electrons. The Morgan fingerprint density at radius 1 is 1.17 bits per heavy atom. The van der Waals surface area contributed by atoms with E-state index in [9.17, 15) is 17.2 Å². The minimum Gasteiger partial charge on any atom is -0.342 e. The van der Waals surface area contributed by atoms with E-state index >= 15 is 0 Å². The highest BCUT2D eigenvalue weighted by atomic mass is 79.9. The number of aromatic nitrogens is 1. The van der Waals surface area contributed by atoms with Crippen molar-refractivity contribution in [1.82, 2.24) is 4.57 Å². The van der Waals surface area contributed by atoms with Crippen molar-refractivity contribution >= 4 is 36.7 Å². The van der Waals surface area contributed by atoms with Crippen molar-refractivity contribution < 1.29 is 17.2 Å². The second-order valence-corrected chi connectivity index (χ2v) is 8.60. The molecule has 0 aliphatic rings. The number of rotatable bonds is 4. The third kappa shape index (κ3) is 3.10. The van der Waals surface area contributed by atoms with E-state index in [0.717, 1.165) is 16.1 Å². The average molecular weight is 414 g/mol. The van der Waals surface area contributed by atoms with Gasteiger partial charge in [0.15, 0.2) is 9.84 Å². The zero-order valence-electron chi connectivity index (χ0n) is 12.8. The fourth-order valence-corrected chi connectivity index (χ4v) is 4.22. The SMILES string of the molecule is CCS(=O)(=O)c1cn(Cc2cccc(Br)c2)c2cc(F)cc(F)c12. The molecule has 0 unspecified atom stereocenters. The van der Waals surface area contributed by atoms with Crippen molar-refractivity contribution in [1.29, 1.82) is 0 Å². The van der Waals surface area contributed by atoms with E-state index < -0.39 is 21.5 Å². The third-order valence-corrected chi connectivity index (χ3v) is 6.05. The standard InChI is InChI=1S/C17H14BrF2NO2S/c1-2-24(22,23)16-10-21(9-11-4-3-5-12(18)6-11)15-8-13(19)7-14(20)17(15)16/h3-8,10H,2,9H2,1H3. The summed E-state index contributed by atoms with van der Waals surface area (Å²) in [5, 5.41) is -0.0618. The van der Waals surface area contributed by atoms with Crippen LogP contribution in [-0.2, 0) is 16.4 Å². The summed E-state index contributed by atoms with van der Waals surface area (Å²) in [5.41, 5.74) is 1.10. The van der Waals surface area contributed by atoms with Crippen LogP contribution in [0.2, 0.25) is 0 Å². The summed E-state index contributed by atoms with van der Waals surface area (Å²) in [7, 11) is -3.63. The molecule has 0 aliphatic carbocycles. The molecule has 24 heavy (non-hydrogen) atoms. The Morgan fingerprint density at radius 3 is 2.58 bits per heavy atom. The summed E-state index contributed by atoms with van der Waals surface area (Å²) in [4.78, 5) is -0.104. The number of hydrogen-bond acceptors (Lipinski definition) is 2. The highest BCUT2D eigenvalue weighted by Crippen LogP contribution is 2.30. The smallest absolute Gasteiger partial charge is 0.180 e. The minimum atomic E-state index is -3.63. The number of hydrogen-bond donors (Lipinski definition) is 0. The molecule has 0 bridgehead atoms. The van der Waals surface area contributed by atoms with Crippen molar-refractivity contribution in [3.8, 4) is 0 Å². The van der Waals surface area contributed by atoms with Crippen LogP contribution in [0.1, 0.15) is 12.5 Å². The van der Waals surface area contributed by atoms with Crippen LogP contribution in [-0.4, -0.2) is 18.7 Å². The molecule has 1 heterocycles. The van der Waals surface area contributed by atoms with Crippen molar-refractivity contribution in [2.24, 2.45) is 0 Å². The predicted octanol–water partition coefficient (Wildman–Crippen LogP) is 4.52. The van der Waals surface area contributed by atoms with Gasteiger partial charge in [0.25, 0.3) is 0 Å². The lowest BCUT2D eigenvalue weighted by molar-refractivity contribution is 0.586. The lowest BCUT2D eigenvalue weighted by Gasteiger charge is -2.06. The van der Waals surface area contributed by atoms with Gasteiger partial charge in [-0.25, -0.2) is 17.2 Å². The highest BCUT2D eigenvalue weighted by Gasteiger charge is 2.23. The third-order valence-electron chi connectivity index (χ3n) is 3.82. The van der Waals surface area contributed by atoms with Gasteiger partial charge in [0.05, 0.1) is 21.6 Å². The molecule has 0 saturated heterocycles. The topological polar surface area (TPSA) is 39.1 Å². The first-order valence-corrected chi connectivity index (χ1v) is 9.71. The lowest BCUT2D eigenvalue weighted by Crippen LogP contribution is -2.03. The second kappa shape index (κ2) is 6.29. The van der Waals surface area contributed by atoms with E-state index in [4.69, 9.17) is 0 Å². The highest BCUT2D eigenvalue weighted by molar-refractivity contribution is 9.10. The van der Waals surface area contributed by atoms with E-state index in [-0.39, 0.29) is 21.6 Å². The molecule has 0 fully saturated rings. The molecular weight excluding hydrogens is 400 g/mol. The zero-order valence-corrected chi connectivity index (χ0v) is 15.2. The van der Waals surface area contributed by atoms with Crippen LogP contribution >= 0.6 is 15.9 Å². The summed E-state index contributed by atoms with van der Waals surface area (Å²) in [6, 6.07) is 9.31. The maximum absolute atomic E-state index is 14.3. The molecule has 0 spiro atoms. The Balaban J connectivity index is 2.25. The first-order chi connectivity index (χ1) is 11.3. The Hall–Kier alpha value is -1.73. The van der Waals surface area contributed by atoms with Crippen LogP contribution in [0.5, 0.6) is 0 Å². The van der Waals surface area contributed by atoms with Gasteiger partial charge in [0.1, 0.15) is 11.6 Å². The van der Waals surface area contributed by atoms with Crippen molar-refractivity contribution in [3.63, 3.8) is 0 Å².